The van der Waals surface area contributed by atoms with Crippen LogP contribution in [0.25, 0.3) is 0 Å². The summed E-state index contributed by atoms with van der Waals surface area (Å²) < 4.78 is 12.9. The van der Waals surface area contributed by atoms with Crippen LogP contribution >= 0.6 is 0 Å². The van der Waals surface area contributed by atoms with E-state index < -0.39 is 0 Å². The Bertz CT molecular complexity index is 625. The van der Waals surface area contributed by atoms with E-state index in [0.717, 1.165) is 11.1 Å². The van der Waals surface area contributed by atoms with E-state index in [-0.39, 0.29) is 24.2 Å². The van der Waals surface area contributed by atoms with Gasteiger partial charge in [0, 0.05) is 12.7 Å². The Morgan fingerprint density at radius 3 is 2.52 bits per heavy atom. The predicted octanol–water partition coefficient (Wildman–Crippen LogP) is 3.17. The predicted molar refractivity (Wildman–Crippen MR) is 82.1 cm³/mol. The van der Waals surface area contributed by atoms with Crippen molar-refractivity contribution in [2.45, 2.75) is 19.4 Å². The van der Waals surface area contributed by atoms with Gasteiger partial charge in [-0.05, 0) is 42.3 Å². The summed E-state index contributed by atoms with van der Waals surface area (Å²) in [6.45, 7) is 1.96. The molecule has 0 fully saturated rings. The third-order valence-corrected chi connectivity index (χ3v) is 3.64. The van der Waals surface area contributed by atoms with Crippen LogP contribution in [0.1, 0.15) is 24.1 Å². The van der Waals surface area contributed by atoms with Crippen molar-refractivity contribution in [3.8, 4) is 0 Å². The zero-order chi connectivity index (χ0) is 15.4. The van der Waals surface area contributed by atoms with Crippen LogP contribution in [0.2, 0.25) is 0 Å². The maximum atomic E-state index is 12.9. The van der Waals surface area contributed by atoms with Crippen molar-refractivity contribution in [2.75, 3.05) is 12.8 Å². The van der Waals surface area contributed by atoms with E-state index in [1.807, 2.05) is 31.2 Å². The number of hydrogen-bond donors (Lipinski definition) is 1. The Morgan fingerprint density at radius 1 is 1.24 bits per heavy atom. The molecular formula is C17H19FN2O. The first-order valence-corrected chi connectivity index (χ1v) is 6.83. The van der Waals surface area contributed by atoms with E-state index in [2.05, 4.69) is 0 Å². The molecule has 0 aliphatic rings. The highest BCUT2D eigenvalue weighted by Gasteiger charge is 2.17. The maximum absolute atomic E-state index is 12.9. The van der Waals surface area contributed by atoms with Crippen molar-refractivity contribution in [1.82, 2.24) is 4.90 Å². The Kier molecular flexibility index (Phi) is 4.58. The second-order valence-corrected chi connectivity index (χ2v) is 5.15. The fourth-order valence-electron chi connectivity index (χ4n) is 2.16. The molecule has 0 saturated carbocycles. The van der Waals surface area contributed by atoms with Crippen LogP contribution in [-0.4, -0.2) is 17.9 Å². The number of hydrogen-bond acceptors (Lipinski definition) is 2. The highest BCUT2D eigenvalue weighted by molar-refractivity contribution is 5.79. The molecule has 1 unspecified atom stereocenters. The minimum absolute atomic E-state index is 0.0171. The quantitative estimate of drug-likeness (QED) is 0.877. The van der Waals surface area contributed by atoms with Crippen LogP contribution in [0.4, 0.5) is 10.1 Å². The van der Waals surface area contributed by atoms with Crippen LogP contribution in [0, 0.1) is 5.82 Å². The molecule has 2 rings (SSSR count). The zero-order valence-electron chi connectivity index (χ0n) is 12.2. The van der Waals surface area contributed by atoms with Crippen molar-refractivity contribution in [3.63, 3.8) is 0 Å². The number of rotatable bonds is 4. The molecule has 0 heterocycles. The van der Waals surface area contributed by atoms with Gasteiger partial charge >= 0.3 is 0 Å². The molecule has 3 nitrogen and oxygen atoms in total. The van der Waals surface area contributed by atoms with Crippen LogP contribution in [0.3, 0.4) is 0 Å². The molecular weight excluding hydrogens is 267 g/mol. The van der Waals surface area contributed by atoms with Crippen molar-refractivity contribution < 1.29 is 9.18 Å². The largest absolute Gasteiger partial charge is 0.399 e. The SMILES string of the molecule is CC(c1cccc(N)c1)N(C)C(=O)Cc1ccc(F)cc1. The molecule has 0 bridgehead atoms. The smallest absolute Gasteiger partial charge is 0.227 e. The van der Waals surface area contributed by atoms with Gasteiger partial charge in [-0.15, -0.1) is 0 Å². The standard InChI is InChI=1S/C17H19FN2O/c1-12(14-4-3-5-16(19)11-14)20(2)17(21)10-13-6-8-15(18)9-7-13/h3-9,11-12H,10,19H2,1-2H3. The summed E-state index contributed by atoms with van der Waals surface area (Å²) in [5.74, 6) is -0.316. The number of carbonyl (C=O) groups is 1. The number of nitrogens with two attached hydrogens (primary N) is 1. The summed E-state index contributed by atoms with van der Waals surface area (Å²) in [7, 11) is 1.76. The second kappa shape index (κ2) is 6.39. The molecule has 1 amide bonds. The lowest BCUT2D eigenvalue weighted by Crippen LogP contribution is -2.31. The first-order valence-electron chi connectivity index (χ1n) is 6.83. The van der Waals surface area contributed by atoms with E-state index in [9.17, 15) is 9.18 Å². The summed E-state index contributed by atoms with van der Waals surface area (Å²) in [5, 5.41) is 0. The minimum atomic E-state index is -0.298. The second-order valence-electron chi connectivity index (χ2n) is 5.15. The molecule has 0 radical (unpaired) electrons. The summed E-state index contributed by atoms with van der Waals surface area (Å²) in [6, 6.07) is 13.4. The van der Waals surface area contributed by atoms with Gasteiger partial charge in [0.1, 0.15) is 5.82 Å². The summed E-state index contributed by atoms with van der Waals surface area (Å²) in [6.07, 6.45) is 0.253. The van der Waals surface area contributed by atoms with Gasteiger partial charge < -0.3 is 10.6 Å². The molecule has 0 saturated heterocycles. The average molecular weight is 286 g/mol. The molecule has 0 aromatic heterocycles. The fourth-order valence-corrected chi connectivity index (χ4v) is 2.16. The monoisotopic (exact) mass is 286 g/mol. The van der Waals surface area contributed by atoms with Gasteiger partial charge in [0.15, 0.2) is 0 Å². The van der Waals surface area contributed by atoms with E-state index in [1.165, 1.54) is 12.1 Å². The van der Waals surface area contributed by atoms with Crippen molar-refractivity contribution in [1.29, 1.82) is 0 Å². The lowest BCUT2D eigenvalue weighted by atomic mass is 10.1. The Labute approximate surface area is 124 Å². The molecule has 2 aromatic carbocycles. The molecule has 1 atom stereocenters. The number of amides is 1. The summed E-state index contributed by atoms with van der Waals surface area (Å²) in [4.78, 5) is 14.0. The van der Waals surface area contributed by atoms with Crippen LogP contribution in [-0.2, 0) is 11.2 Å². The first kappa shape index (κ1) is 15.0. The van der Waals surface area contributed by atoms with Crippen LogP contribution in [0.5, 0.6) is 0 Å². The van der Waals surface area contributed by atoms with E-state index in [1.54, 1.807) is 24.1 Å². The minimum Gasteiger partial charge on any atom is -0.399 e. The fraction of sp³-hybridized carbons (Fsp3) is 0.235. The average Bonchev–Trinajstić information content (AvgIpc) is 2.48. The number of halogens is 1. The Hall–Kier alpha value is -2.36. The van der Waals surface area contributed by atoms with Gasteiger partial charge in [-0.25, -0.2) is 4.39 Å². The van der Waals surface area contributed by atoms with E-state index in [4.69, 9.17) is 5.73 Å². The van der Waals surface area contributed by atoms with Crippen molar-refractivity contribution >= 4 is 11.6 Å². The first-order chi connectivity index (χ1) is 9.97. The van der Waals surface area contributed by atoms with Gasteiger partial charge in [-0.1, -0.05) is 24.3 Å². The molecule has 0 spiro atoms. The summed E-state index contributed by atoms with van der Waals surface area (Å²) >= 11 is 0. The number of likely N-dealkylation sites (N-methyl/N-ethyl adjacent to an activating group) is 1. The number of benzene rings is 2. The lowest BCUT2D eigenvalue weighted by molar-refractivity contribution is -0.131. The molecule has 2 N–H and O–H groups in total. The number of nitrogens with zero attached hydrogens (tertiary/aromatic N) is 1. The molecule has 4 heteroatoms. The van der Waals surface area contributed by atoms with Gasteiger partial charge in [0.2, 0.25) is 5.91 Å². The number of carbonyl (C=O) groups excluding carboxylic acids is 1. The normalized spacial score (nSPS) is 12.0. The van der Waals surface area contributed by atoms with Crippen molar-refractivity contribution in [2.24, 2.45) is 0 Å². The molecule has 0 aliphatic carbocycles. The highest BCUT2D eigenvalue weighted by atomic mass is 19.1. The molecule has 2 aromatic rings. The maximum Gasteiger partial charge on any atom is 0.227 e. The van der Waals surface area contributed by atoms with Crippen LogP contribution < -0.4 is 5.73 Å². The van der Waals surface area contributed by atoms with E-state index >= 15 is 0 Å². The van der Waals surface area contributed by atoms with Crippen LogP contribution in [0.15, 0.2) is 48.5 Å². The number of anilines is 1. The topological polar surface area (TPSA) is 46.3 Å². The lowest BCUT2D eigenvalue weighted by Gasteiger charge is -2.25. The van der Waals surface area contributed by atoms with E-state index in [0.29, 0.717) is 5.69 Å². The Morgan fingerprint density at radius 2 is 1.90 bits per heavy atom. The van der Waals surface area contributed by atoms with Crippen molar-refractivity contribution in [3.05, 3.63) is 65.5 Å². The molecule has 0 aliphatic heterocycles. The van der Waals surface area contributed by atoms with Gasteiger partial charge in [-0.3, -0.25) is 4.79 Å². The highest BCUT2D eigenvalue weighted by Crippen LogP contribution is 2.21. The molecule has 110 valence electrons. The number of nitrogen functional groups attached to an aromatic ring is 1. The Balaban J connectivity index is 2.06. The third-order valence-electron chi connectivity index (χ3n) is 3.64. The molecule has 21 heavy (non-hydrogen) atoms. The van der Waals surface area contributed by atoms with Gasteiger partial charge in [0.05, 0.1) is 12.5 Å². The van der Waals surface area contributed by atoms with Gasteiger partial charge in [-0.2, -0.15) is 0 Å². The third kappa shape index (κ3) is 3.81. The zero-order valence-corrected chi connectivity index (χ0v) is 12.2. The summed E-state index contributed by atoms with van der Waals surface area (Å²) in [5.41, 5.74) is 8.24. The van der Waals surface area contributed by atoms with Gasteiger partial charge in [0.25, 0.3) is 0 Å².